The van der Waals surface area contributed by atoms with E-state index in [1.807, 2.05) is 30.3 Å². The first-order valence-electron chi connectivity index (χ1n) is 11.8. The van der Waals surface area contributed by atoms with Crippen molar-refractivity contribution in [3.63, 3.8) is 0 Å². The van der Waals surface area contributed by atoms with E-state index in [9.17, 15) is 4.79 Å². The van der Waals surface area contributed by atoms with Crippen LogP contribution in [0.5, 0.6) is 11.5 Å². The first kappa shape index (κ1) is 25.2. The number of carboxylic acid groups (broad SMARTS) is 1. The molecule has 10 heteroatoms. The van der Waals surface area contributed by atoms with E-state index < -0.39 is 12.6 Å². The molecule has 0 atom stereocenters. The minimum Gasteiger partial charge on any atom is -0.493 e. The first-order valence-corrected chi connectivity index (χ1v) is 11.8. The van der Waals surface area contributed by atoms with Crippen molar-refractivity contribution in [2.45, 2.75) is 25.9 Å². The van der Waals surface area contributed by atoms with Crippen molar-refractivity contribution in [2.24, 2.45) is 0 Å². The van der Waals surface area contributed by atoms with Gasteiger partial charge in [0.05, 0.1) is 24.8 Å². The minimum absolute atomic E-state index is 0.407. The maximum absolute atomic E-state index is 10.9. The molecule has 0 spiro atoms. The molecule has 2 aromatic carbocycles. The van der Waals surface area contributed by atoms with Gasteiger partial charge in [0.2, 0.25) is 0 Å². The van der Waals surface area contributed by atoms with Crippen LogP contribution in [0.1, 0.15) is 17.8 Å². The van der Waals surface area contributed by atoms with Gasteiger partial charge < -0.3 is 34.9 Å². The van der Waals surface area contributed by atoms with E-state index in [2.05, 4.69) is 14.9 Å². The molecule has 0 unspecified atom stereocenters. The number of carboxylic acids is 1. The van der Waals surface area contributed by atoms with E-state index in [0.29, 0.717) is 36.9 Å². The van der Waals surface area contributed by atoms with Gasteiger partial charge in [-0.25, -0.2) is 14.8 Å². The molecule has 4 aromatic rings. The van der Waals surface area contributed by atoms with Crippen LogP contribution in [0, 0.1) is 0 Å². The number of pyridine rings is 1. The Hall–Kier alpha value is -3.89. The lowest BCUT2D eigenvalue weighted by molar-refractivity contribution is -0.139. The zero-order valence-electron chi connectivity index (χ0n) is 20.5. The van der Waals surface area contributed by atoms with Crippen LogP contribution < -0.4 is 20.5 Å². The number of aryl methyl sites for hydroxylation is 1. The number of nitrogen functional groups attached to an aromatic ring is 1. The average Bonchev–Trinajstić information content (AvgIpc) is 3.25. The summed E-state index contributed by atoms with van der Waals surface area (Å²) in [6, 6.07) is 13.5. The lowest BCUT2D eigenvalue weighted by Crippen LogP contribution is -2.18. The monoisotopic (exact) mass is 493 g/mol. The highest BCUT2D eigenvalue weighted by atomic mass is 16.5. The van der Waals surface area contributed by atoms with Crippen molar-refractivity contribution >= 4 is 33.7 Å². The number of benzene rings is 2. The zero-order valence-corrected chi connectivity index (χ0v) is 20.5. The van der Waals surface area contributed by atoms with E-state index in [-0.39, 0.29) is 0 Å². The Labute approximate surface area is 209 Å². The second kappa shape index (κ2) is 11.7. The fourth-order valence-corrected chi connectivity index (χ4v) is 4.21. The Bertz CT molecular complexity index is 1350. The molecule has 0 bridgehead atoms. The fraction of sp³-hybridized carbons (Fsp3) is 0.346. The van der Waals surface area contributed by atoms with Crippen molar-refractivity contribution in [3.05, 3.63) is 53.9 Å². The summed E-state index contributed by atoms with van der Waals surface area (Å²) in [7, 11) is 3.20. The summed E-state index contributed by atoms with van der Waals surface area (Å²) in [5, 5.41) is 13.4. The number of ether oxygens (including phenoxy) is 3. The van der Waals surface area contributed by atoms with Gasteiger partial charge in [0, 0.05) is 32.0 Å². The van der Waals surface area contributed by atoms with Crippen molar-refractivity contribution in [1.82, 2.24) is 19.9 Å². The fourth-order valence-electron chi connectivity index (χ4n) is 4.21. The summed E-state index contributed by atoms with van der Waals surface area (Å²) in [6.07, 6.45) is 1.54. The summed E-state index contributed by atoms with van der Waals surface area (Å²) in [6.45, 7) is 2.27. The van der Waals surface area contributed by atoms with Crippen LogP contribution in [0.15, 0.2) is 42.5 Å². The van der Waals surface area contributed by atoms with Gasteiger partial charge >= 0.3 is 5.97 Å². The molecule has 0 saturated heterocycles. The second-order valence-electron chi connectivity index (χ2n) is 8.33. The Morgan fingerprint density at radius 3 is 2.75 bits per heavy atom. The molecule has 0 radical (unpaired) electrons. The predicted molar refractivity (Wildman–Crippen MR) is 137 cm³/mol. The molecule has 0 saturated carbocycles. The molecular weight excluding hydrogens is 462 g/mol. The van der Waals surface area contributed by atoms with Crippen molar-refractivity contribution in [2.75, 3.05) is 39.7 Å². The highest BCUT2D eigenvalue weighted by Crippen LogP contribution is 2.30. The van der Waals surface area contributed by atoms with Crippen molar-refractivity contribution < 1.29 is 24.1 Å². The van der Waals surface area contributed by atoms with Gasteiger partial charge in [-0.1, -0.05) is 24.3 Å². The molecule has 36 heavy (non-hydrogen) atoms. The number of nitrogens with two attached hydrogens (primary N) is 1. The number of rotatable bonds is 13. The Morgan fingerprint density at radius 1 is 1.14 bits per heavy atom. The number of hydrogen-bond acceptors (Lipinski definition) is 8. The lowest BCUT2D eigenvalue weighted by Gasteiger charge is -2.13. The van der Waals surface area contributed by atoms with Crippen molar-refractivity contribution in [3.8, 4) is 11.5 Å². The van der Waals surface area contributed by atoms with Gasteiger partial charge in [-0.15, -0.1) is 0 Å². The molecule has 4 rings (SSSR count). The second-order valence-corrected chi connectivity index (χ2v) is 8.33. The summed E-state index contributed by atoms with van der Waals surface area (Å²) in [4.78, 5) is 20.2. The van der Waals surface area contributed by atoms with Crippen LogP contribution in [-0.2, 0) is 29.0 Å². The standard InChI is InChI=1S/C26H31N5O5/c1-34-13-10-22-30-24-25(18-6-3-4-7-19(18)29-26(24)27)31(22)12-5-11-28-15-17-8-9-20(35-2)21(14-17)36-16-23(32)33/h3-4,6-9,14,28H,5,10-13,15-16H2,1-2H3,(H2,27,29)(H,32,33). The van der Waals surface area contributed by atoms with Gasteiger partial charge in [0.15, 0.2) is 23.9 Å². The third kappa shape index (κ3) is 5.67. The molecule has 190 valence electrons. The molecule has 2 heterocycles. The van der Waals surface area contributed by atoms with Gasteiger partial charge in [-0.3, -0.25) is 0 Å². The number of aliphatic carboxylic acids is 1. The van der Waals surface area contributed by atoms with E-state index in [0.717, 1.165) is 52.8 Å². The van der Waals surface area contributed by atoms with Crippen LogP contribution in [0.2, 0.25) is 0 Å². The SMILES string of the molecule is COCCc1nc2c(N)nc3ccccc3c2n1CCCNCc1ccc(OC)c(OCC(=O)O)c1. The molecule has 2 aromatic heterocycles. The van der Waals surface area contributed by atoms with E-state index in [1.54, 1.807) is 19.2 Å². The van der Waals surface area contributed by atoms with Gasteiger partial charge in [-0.05, 0) is 36.7 Å². The van der Waals surface area contributed by atoms with Crippen molar-refractivity contribution in [1.29, 1.82) is 0 Å². The topological polar surface area (TPSA) is 134 Å². The molecular formula is C26H31N5O5. The third-order valence-corrected chi connectivity index (χ3v) is 5.86. The normalized spacial score (nSPS) is 11.3. The Balaban J connectivity index is 1.46. The summed E-state index contributed by atoms with van der Waals surface area (Å²) in [5.74, 6) is 1.22. The van der Waals surface area contributed by atoms with E-state index in [1.165, 1.54) is 7.11 Å². The predicted octanol–water partition coefficient (Wildman–Crippen LogP) is 3.01. The lowest BCUT2D eigenvalue weighted by atomic mass is 10.2. The van der Waals surface area contributed by atoms with Gasteiger partial charge in [-0.2, -0.15) is 0 Å². The third-order valence-electron chi connectivity index (χ3n) is 5.86. The van der Waals surface area contributed by atoms with Crippen LogP contribution in [0.4, 0.5) is 5.82 Å². The van der Waals surface area contributed by atoms with Gasteiger partial charge in [0.1, 0.15) is 11.3 Å². The number of imidazole rings is 1. The average molecular weight is 494 g/mol. The number of hydrogen-bond donors (Lipinski definition) is 3. The molecule has 0 fully saturated rings. The van der Waals surface area contributed by atoms with E-state index in [4.69, 9.17) is 30.0 Å². The number of nitrogens with zero attached hydrogens (tertiary/aromatic N) is 3. The minimum atomic E-state index is -1.04. The largest absolute Gasteiger partial charge is 0.493 e. The first-order chi connectivity index (χ1) is 17.5. The number of aromatic nitrogens is 3. The Morgan fingerprint density at radius 2 is 1.97 bits per heavy atom. The molecule has 0 aliphatic rings. The maximum atomic E-state index is 10.9. The molecule has 10 nitrogen and oxygen atoms in total. The molecule has 0 amide bonds. The highest BCUT2D eigenvalue weighted by molar-refractivity contribution is 6.06. The number of carbonyl (C=O) groups is 1. The Kier molecular flexibility index (Phi) is 8.19. The maximum Gasteiger partial charge on any atom is 0.341 e. The van der Waals surface area contributed by atoms with Crippen LogP contribution >= 0.6 is 0 Å². The van der Waals surface area contributed by atoms with Gasteiger partial charge in [0.25, 0.3) is 0 Å². The summed E-state index contributed by atoms with van der Waals surface area (Å²) >= 11 is 0. The molecule has 4 N–H and O–H groups in total. The number of methoxy groups -OCH3 is 2. The number of para-hydroxylation sites is 1. The van der Waals surface area contributed by atoms with Crippen LogP contribution in [-0.4, -0.2) is 59.6 Å². The summed E-state index contributed by atoms with van der Waals surface area (Å²) in [5.41, 5.74) is 9.80. The number of fused-ring (bicyclic) bond motifs is 3. The number of nitrogens with one attached hydrogen (secondary N) is 1. The van der Waals surface area contributed by atoms with Crippen LogP contribution in [0.3, 0.4) is 0 Å². The smallest absolute Gasteiger partial charge is 0.341 e. The molecule has 0 aliphatic heterocycles. The highest BCUT2D eigenvalue weighted by Gasteiger charge is 2.17. The zero-order chi connectivity index (χ0) is 25.5. The molecule has 0 aliphatic carbocycles. The van der Waals surface area contributed by atoms with E-state index >= 15 is 0 Å². The van der Waals surface area contributed by atoms with Crippen LogP contribution in [0.25, 0.3) is 21.9 Å². The summed E-state index contributed by atoms with van der Waals surface area (Å²) < 4.78 is 18.1. The number of anilines is 1. The quantitative estimate of drug-likeness (QED) is 0.240.